The zero-order chi connectivity index (χ0) is 22.8. The number of halogens is 1. The highest BCUT2D eigenvalue weighted by Gasteiger charge is 2.29. The van der Waals surface area contributed by atoms with E-state index in [0.29, 0.717) is 16.7 Å². The Kier molecular flexibility index (Phi) is 7.25. The van der Waals surface area contributed by atoms with Gasteiger partial charge in [0.15, 0.2) is 11.0 Å². The van der Waals surface area contributed by atoms with Gasteiger partial charge in [0.05, 0.1) is 24.2 Å². The van der Waals surface area contributed by atoms with Crippen molar-refractivity contribution in [3.63, 3.8) is 0 Å². The molecular formula is C20H28FN5O3S2. The number of piperidine rings is 1. The molecule has 3 rings (SSSR count). The Balaban J connectivity index is 1.71. The van der Waals surface area contributed by atoms with E-state index < -0.39 is 15.8 Å². The number of carbonyl (C=O) groups is 1. The molecule has 31 heavy (non-hydrogen) atoms. The maximum atomic E-state index is 13.2. The van der Waals surface area contributed by atoms with Gasteiger partial charge in [0.25, 0.3) is 0 Å². The van der Waals surface area contributed by atoms with Crippen LogP contribution in [-0.2, 0) is 28.4 Å². The van der Waals surface area contributed by atoms with Crippen LogP contribution in [0.25, 0.3) is 0 Å². The number of aromatic nitrogens is 3. The lowest BCUT2D eigenvalue weighted by Crippen LogP contribution is -2.48. The topological polar surface area (TPSA) is 88.4 Å². The van der Waals surface area contributed by atoms with Gasteiger partial charge in [0.1, 0.15) is 5.82 Å². The summed E-state index contributed by atoms with van der Waals surface area (Å²) in [5.74, 6) is 0.285. The number of thioether (sulfide) groups is 1. The van der Waals surface area contributed by atoms with E-state index in [0.717, 1.165) is 29.8 Å². The molecule has 0 radical (unpaired) electrons. The monoisotopic (exact) mass is 469 g/mol. The fourth-order valence-electron chi connectivity index (χ4n) is 3.86. The van der Waals surface area contributed by atoms with E-state index in [2.05, 4.69) is 24.0 Å². The van der Waals surface area contributed by atoms with E-state index in [1.807, 2.05) is 4.90 Å². The van der Waals surface area contributed by atoms with Crippen molar-refractivity contribution in [3.05, 3.63) is 35.9 Å². The van der Waals surface area contributed by atoms with E-state index in [9.17, 15) is 17.6 Å². The Labute approximate surface area is 186 Å². The summed E-state index contributed by atoms with van der Waals surface area (Å²) in [5.41, 5.74) is 0.337. The van der Waals surface area contributed by atoms with Gasteiger partial charge in [-0.25, -0.2) is 12.8 Å². The number of amides is 1. The molecule has 0 bridgehead atoms. The summed E-state index contributed by atoms with van der Waals surface area (Å²) in [6, 6.07) is 5.68. The molecule has 11 heteroatoms. The largest absolute Gasteiger partial charge is 0.337 e. The van der Waals surface area contributed by atoms with Gasteiger partial charge in [-0.1, -0.05) is 11.8 Å². The molecule has 2 aromatic rings. The Morgan fingerprint density at radius 2 is 1.81 bits per heavy atom. The maximum Gasteiger partial charge on any atom is 0.233 e. The number of hydrogen-bond donors (Lipinski definition) is 0. The van der Waals surface area contributed by atoms with Gasteiger partial charge in [-0.05, 0) is 57.4 Å². The summed E-state index contributed by atoms with van der Waals surface area (Å²) in [6.45, 7) is 4.10. The molecule has 1 aliphatic heterocycles. The number of likely N-dealkylation sites (tertiary alicyclic amines) is 1. The van der Waals surface area contributed by atoms with Gasteiger partial charge >= 0.3 is 0 Å². The first-order chi connectivity index (χ1) is 14.6. The molecule has 2 atom stereocenters. The van der Waals surface area contributed by atoms with Crippen LogP contribution in [0.5, 0.6) is 0 Å². The van der Waals surface area contributed by atoms with Gasteiger partial charge < -0.3 is 9.47 Å². The molecular weight excluding hydrogens is 441 g/mol. The molecule has 0 unspecified atom stereocenters. The SMILES string of the molecule is C[C@@H]1CCC[C@@H](C)N1C(=O)CSc1nnc(CN(c2ccc(F)cc2)S(C)(=O)=O)n1C. The molecule has 0 aliphatic carbocycles. The highest BCUT2D eigenvalue weighted by molar-refractivity contribution is 7.99. The lowest BCUT2D eigenvalue weighted by Gasteiger charge is -2.39. The molecule has 1 saturated heterocycles. The van der Waals surface area contributed by atoms with Crippen LogP contribution < -0.4 is 4.31 Å². The quantitative estimate of drug-likeness (QED) is 0.580. The van der Waals surface area contributed by atoms with Crippen LogP contribution >= 0.6 is 11.8 Å². The Bertz CT molecular complexity index is 1020. The van der Waals surface area contributed by atoms with E-state index in [4.69, 9.17) is 0 Å². The number of benzene rings is 1. The normalized spacial score (nSPS) is 19.5. The molecule has 1 aromatic heterocycles. The number of nitrogens with zero attached hydrogens (tertiary/aromatic N) is 5. The summed E-state index contributed by atoms with van der Waals surface area (Å²) in [5, 5.41) is 8.79. The number of carbonyl (C=O) groups excluding carboxylic acids is 1. The molecule has 2 heterocycles. The van der Waals surface area contributed by atoms with E-state index in [-0.39, 0.29) is 30.3 Å². The first-order valence-corrected chi connectivity index (χ1v) is 13.0. The second-order valence-electron chi connectivity index (χ2n) is 7.92. The fourth-order valence-corrected chi connectivity index (χ4v) is 5.51. The van der Waals surface area contributed by atoms with Crippen LogP contribution in [-0.4, -0.2) is 58.1 Å². The van der Waals surface area contributed by atoms with E-state index >= 15 is 0 Å². The molecule has 0 spiro atoms. The fraction of sp³-hybridized carbons (Fsp3) is 0.550. The number of hydrogen-bond acceptors (Lipinski definition) is 6. The maximum absolute atomic E-state index is 13.2. The lowest BCUT2D eigenvalue weighted by molar-refractivity contribution is -0.134. The second-order valence-corrected chi connectivity index (χ2v) is 10.8. The first kappa shape index (κ1) is 23.5. The van der Waals surface area contributed by atoms with Crippen LogP contribution in [0, 0.1) is 5.82 Å². The van der Waals surface area contributed by atoms with Crippen molar-refractivity contribution in [3.8, 4) is 0 Å². The molecule has 8 nitrogen and oxygen atoms in total. The van der Waals surface area contributed by atoms with Crippen molar-refractivity contribution >= 4 is 33.4 Å². The zero-order valence-electron chi connectivity index (χ0n) is 18.2. The molecule has 1 aromatic carbocycles. The standard InChI is InChI=1S/C20H28FN5O3S2/c1-14-6-5-7-15(2)26(14)19(27)13-30-20-23-22-18(24(20)3)12-25(31(4,28)29)17-10-8-16(21)9-11-17/h8-11,14-15H,5-7,12-13H2,1-4H3/t14-,15-/m1/s1. The Morgan fingerprint density at radius 3 is 2.39 bits per heavy atom. The summed E-state index contributed by atoms with van der Waals surface area (Å²) in [4.78, 5) is 14.7. The highest BCUT2D eigenvalue weighted by Crippen LogP contribution is 2.26. The predicted octanol–water partition coefficient (Wildman–Crippen LogP) is 2.80. The second kappa shape index (κ2) is 9.56. The number of rotatable bonds is 7. The van der Waals surface area contributed by atoms with E-state index in [1.165, 1.54) is 36.0 Å². The van der Waals surface area contributed by atoms with Crippen molar-refractivity contribution in [2.75, 3.05) is 16.3 Å². The highest BCUT2D eigenvalue weighted by atomic mass is 32.2. The lowest BCUT2D eigenvalue weighted by atomic mass is 9.98. The zero-order valence-corrected chi connectivity index (χ0v) is 19.8. The first-order valence-electron chi connectivity index (χ1n) is 10.1. The minimum Gasteiger partial charge on any atom is -0.337 e. The average Bonchev–Trinajstić information content (AvgIpc) is 3.04. The van der Waals surface area contributed by atoms with Crippen molar-refractivity contribution in [2.45, 2.75) is 56.9 Å². The van der Waals surface area contributed by atoms with Gasteiger partial charge in [0.2, 0.25) is 15.9 Å². The van der Waals surface area contributed by atoms with Gasteiger partial charge in [-0.15, -0.1) is 10.2 Å². The smallest absolute Gasteiger partial charge is 0.233 e. The third-order valence-corrected chi connectivity index (χ3v) is 7.68. The minimum absolute atomic E-state index is 0.0529. The number of anilines is 1. The Morgan fingerprint density at radius 1 is 1.19 bits per heavy atom. The predicted molar refractivity (Wildman–Crippen MR) is 119 cm³/mol. The molecule has 1 amide bonds. The summed E-state index contributed by atoms with van der Waals surface area (Å²) in [6.07, 6.45) is 4.25. The summed E-state index contributed by atoms with van der Waals surface area (Å²) in [7, 11) is -1.89. The third kappa shape index (κ3) is 5.57. The summed E-state index contributed by atoms with van der Waals surface area (Å²) < 4.78 is 40.7. The van der Waals surface area contributed by atoms with Crippen LogP contribution in [0.1, 0.15) is 38.9 Å². The Hall–Kier alpha value is -2.14. The van der Waals surface area contributed by atoms with Crippen molar-refractivity contribution in [2.24, 2.45) is 7.05 Å². The molecule has 1 aliphatic rings. The van der Waals surface area contributed by atoms with Crippen LogP contribution in [0.4, 0.5) is 10.1 Å². The average molecular weight is 470 g/mol. The molecule has 0 saturated carbocycles. The number of sulfonamides is 1. The van der Waals surface area contributed by atoms with Gasteiger partial charge in [-0.2, -0.15) is 0 Å². The van der Waals surface area contributed by atoms with Crippen molar-refractivity contribution in [1.29, 1.82) is 0 Å². The summed E-state index contributed by atoms with van der Waals surface area (Å²) >= 11 is 1.29. The van der Waals surface area contributed by atoms with Crippen molar-refractivity contribution < 1.29 is 17.6 Å². The minimum atomic E-state index is -3.63. The van der Waals surface area contributed by atoms with Crippen LogP contribution in [0.2, 0.25) is 0 Å². The molecule has 0 N–H and O–H groups in total. The van der Waals surface area contributed by atoms with Gasteiger partial charge in [-0.3, -0.25) is 9.10 Å². The van der Waals surface area contributed by atoms with Gasteiger partial charge in [0, 0.05) is 19.1 Å². The van der Waals surface area contributed by atoms with E-state index in [1.54, 1.807) is 11.6 Å². The van der Waals surface area contributed by atoms with Crippen LogP contribution in [0.15, 0.2) is 29.4 Å². The molecule has 170 valence electrons. The third-order valence-electron chi connectivity index (χ3n) is 5.53. The van der Waals surface area contributed by atoms with Crippen molar-refractivity contribution in [1.82, 2.24) is 19.7 Å². The molecule has 1 fully saturated rings. The van der Waals surface area contributed by atoms with Crippen LogP contribution in [0.3, 0.4) is 0 Å².